The number of hydrogen-bond acceptors (Lipinski definition) is 1. The van der Waals surface area contributed by atoms with Crippen molar-refractivity contribution >= 4 is 0 Å². The first-order chi connectivity index (χ1) is 10.3. The van der Waals surface area contributed by atoms with Crippen molar-refractivity contribution in [3.63, 3.8) is 0 Å². The van der Waals surface area contributed by atoms with Crippen molar-refractivity contribution in [3.05, 3.63) is 34.9 Å². The Morgan fingerprint density at radius 3 is 2.81 bits per heavy atom. The zero-order valence-electron chi connectivity index (χ0n) is 13.5. The summed E-state index contributed by atoms with van der Waals surface area (Å²) in [5.41, 5.74) is 4.31. The summed E-state index contributed by atoms with van der Waals surface area (Å²) in [6.07, 6.45) is 7.73. The molecular weight excluding hydrogens is 254 g/mol. The Hall–Kier alpha value is -1.26. The number of rotatable bonds is 2. The van der Waals surface area contributed by atoms with Gasteiger partial charge in [0.15, 0.2) is 0 Å². The van der Waals surface area contributed by atoms with Crippen LogP contribution in [-0.4, -0.2) is 24.0 Å². The highest BCUT2D eigenvalue weighted by molar-refractivity contribution is 5.42. The van der Waals surface area contributed by atoms with Crippen LogP contribution in [-0.2, 0) is 12.8 Å². The number of fused-ring (bicyclic) bond motifs is 1. The highest BCUT2D eigenvalue weighted by Crippen LogP contribution is 2.27. The summed E-state index contributed by atoms with van der Waals surface area (Å²) in [5.74, 6) is 7.23. The molecular formula is C20H27N. The minimum absolute atomic E-state index is 0.499. The molecule has 1 aromatic rings. The van der Waals surface area contributed by atoms with Gasteiger partial charge in [-0.1, -0.05) is 31.8 Å². The first kappa shape index (κ1) is 14.7. The second kappa shape index (κ2) is 6.67. The molecule has 1 fully saturated rings. The number of hydrogen-bond donors (Lipinski definition) is 0. The number of benzene rings is 1. The standard InChI is InChI=1S/C20H27N/c1-3-16(2)6-7-17-8-9-18-10-11-20(15-19(18)14-17)21-12-4-5-13-21/h8-9,14,16,20H,3-5,10-13,15H2,1-2H3. The molecule has 0 saturated carbocycles. The Morgan fingerprint density at radius 2 is 2.05 bits per heavy atom. The van der Waals surface area contributed by atoms with Crippen molar-refractivity contribution in [3.8, 4) is 11.8 Å². The largest absolute Gasteiger partial charge is 0.300 e. The van der Waals surface area contributed by atoms with Gasteiger partial charge in [0.1, 0.15) is 0 Å². The van der Waals surface area contributed by atoms with Gasteiger partial charge in [0.25, 0.3) is 0 Å². The Bertz CT molecular complexity index is 543. The third kappa shape index (κ3) is 3.50. The van der Waals surface area contributed by atoms with Crippen LogP contribution in [0.2, 0.25) is 0 Å². The third-order valence-electron chi connectivity index (χ3n) is 5.14. The summed E-state index contributed by atoms with van der Waals surface area (Å²) < 4.78 is 0. The molecule has 1 aromatic carbocycles. The van der Waals surface area contributed by atoms with Crippen LogP contribution in [0.25, 0.3) is 0 Å². The van der Waals surface area contributed by atoms with Crippen LogP contribution in [0.3, 0.4) is 0 Å². The van der Waals surface area contributed by atoms with Crippen LogP contribution in [0.1, 0.15) is 56.2 Å². The molecule has 0 radical (unpaired) electrons. The molecule has 1 aliphatic carbocycles. The van der Waals surface area contributed by atoms with Crippen LogP contribution in [0.5, 0.6) is 0 Å². The van der Waals surface area contributed by atoms with Gasteiger partial charge in [-0.25, -0.2) is 0 Å². The van der Waals surface area contributed by atoms with Gasteiger partial charge in [-0.15, -0.1) is 0 Å². The lowest BCUT2D eigenvalue weighted by atomic mass is 9.86. The van der Waals surface area contributed by atoms with Gasteiger partial charge < -0.3 is 4.90 Å². The molecule has 21 heavy (non-hydrogen) atoms. The normalized spacial score (nSPS) is 23.2. The summed E-state index contributed by atoms with van der Waals surface area (Å²) >= 11 is 0. The monoisotopic (exact) mass is 281 g/mol. The quantitative estimate of drug-likeness (QED) is 0.740. The van der Waals surface area contributed by atoms with E-state index in [4.69, 9.17) is 0 Å². The zero-order valence-corrected chi connectivity index (χ0v) is 13.5. The van der Waals surface area contributed by atoms with E-state index in [0.717, 1.165) is 12.5 Å². The maximum atomic E-state index is 3.37. The molecule has 3 rings (SSSR count). The molecule has 0 aromatic heterocycles. The van der Waals surface area contributed by atoms with E-state index < -0.39 is 0 Å². The molecule has 0 spiro atoms. The minimum atomic E-state index is 0.499. The summed E-state index contributed by atoms with van der Waals surface area (Å²) in [4.78, 5) is 2.71. The van der Waals surface area contributed by atoms with Crippen LogP contribution >= 0.6 is 0 Å². The van der Waals surface area contributed by atoms with Crippen molar-refractivity contribution in [1.82, 2.24) is 4.90 Å². The predicted octanol–water partition coefficient (Wildman–Crippen LogP) is 4.04. The number of nitrogens with zero attached hydrogens (tertiary/aromatic N) is 1. The molecule has 1 saturated heterocycles. The lowest BCUT2D eigenvalue weighted by Crippen LogP contribution is -2.37. The van der Waals surface area contributed by atoms with E-state index in [1.807, 2.05) is 0 Å². The SMILES string of the molecule is CCC(C)C#Cc1ccc2c(c1)CC(N1CCCC1)CC2. The topological polar surface area (TPSA) is 3.24 Å². The molecule has 1 aliphatic heterocycles. The average molecular weight is 281 g/mol. The summed E-state index contributed by atoms with van der Waals surface area (Å²) in [6.45, 7) is 7.03. The summed E-state index contributed by atoms with van der Waals surface area (Å²) in [5, 5.41) is 0. The maximum absolute atomic E-state index is 3.37. The van der Waals surface area contributed by atoms with Crippen LogP contribution in [0.4, 0.5) is 0 Å². The highest BCUT2D eigenvalue weighted by atomic mass is 15.2. The molecule has 112 valence electrons. The van der Waals surface area contributed by atoms with E-state index >= 15 is 0 Å². The fourth-order valence-electron chi connectivity index (χ4n) is 3.54. The van der Waals surface area contributed by atoms with E-state index in [9.17, 15) is 0 Å². The molecule has 2 atom stereocenters. The lowest BCUT2D eigenvalue weighted by Gasteiger charge is -2.32. The Kier molecular flexibility index (Phi) is 4.66. The van der Waals surface area contributed by atoms with Gasteiger partial charge in [0.05, 0.1) is 0 Å². The molecule has 1 nitrogen and oxygen atoms in total. The molecule has 0 amide bonds. The predicted molar refractivity (Wildman–Crippen MR) is 89.4 cm³/mol. The van der Waals surface area contributed by atoms with E-state index in [1.54, 1.807) is 11.1 Å². The van der Waals surface area contributed by atoms with Crippen LogP contribution in [0, 0.1) is 17.8 Å². The molecule has 1 heterocycles. The maximum Gasteiger partial charge on any atom is 0.0248 e. The van der Waals surface area contributed by atoms with E-state index in [2.05, 4.69) is 48.8 Å². The second-order valence-electron chi connectivity index (χ2n) is 6.70. The van der Waals surface area contributed by atoms with Crippen molar-refractivity contribution in [2.24, 2.45) is 5.92 Å². The van der Waals surface area contributed by atoms with E-state index in [1.165, 1.54) is 50.8 Å². The van der Waals surface area contributed by atoms with Crippen molar-refractivity contribution < 1.29 is 0 Å². The number of likely N-dealkylation sites (tertiary alicyclic amines) is 1. The van der Waals surface area contributed by atoms with Gasteiger partial charge in [0.2, 0.25) is 0 Å². The van der Waals surface area contributed by atoms with E-state index in [-0.39, 0.29) is 0 Å². The lowest BCUT2D eigenvalue weighted by molar-refractivity contribution is 0.222. The molecule has 0 bridgehead atoms. The van der Waals surface area contributed by atoms with Gasteiger partial charge in [-0.2, -0.15) is 0 Å². The Labute approximate surface area is 129 Å². The average Bonchev–Trinajstić information content (AvgIpc) is 3.06. The molecule has 2 aliphatic rings. The molecule has 2 unspecified atom stereocenters. The van der Waals surface area contributed by atoms with Crippen LogP contribution in [0.15, 0.2) is 18.2 Å². The Balaban J connectivity index is 1.74. The number of aryl methyl sites for hydroxylation is 1. The smallest absolute Gasteiger partial charge is 0.0248 e. The first-order valence-electron chi connectivity index (χ1n) is 8.63. The fraction of sp³-hybridized carbons (Fsp3) is 0.600. The zero-order chi connectivity index (χ0) is 14.7. The summed E-state index contributed by atoms with van der Waals surface area (Å²) in [7, 11) is 0. The molecule has 1 heteroatoms. The highest BCUT2D eigenvalue weighted by Gasteiger charge is 2.26. The van der Waals surface area contributed by atoms with Crippen molar-refractivity contribution in [2.45, 2.75) is 58.4 Å². The van der Waals surface area contributed by atoms with Crippen molar-refractivity contribution in [2.75, 3.05) is 13.1 Å². The van der Waals surface area contributed by atoms with E-state index in [0.29, 0.717) is 5.92 Å². The van der Waals surface area contributed by atoms with Gasteiger partial charge >= 0.3 is 0 Å². The first-order valence-corrected chi connectivity index (χ1v) is 8.63. The molecule has 0 N–H and O–H groups in total. The van der Waals surface area contributed by atoms with Gasteiger partial charge in [-0.05, 0) is 74.9 Å². The van der Waals surface area contributed by atoms with Gasteiger partial charge in [0, 0.05) is 17.5 Å². The van der Waals surface area contributed by atoms with Gasteiger partial charge in [-0.3, -0.25) is 0 Å². The van der Waals surface area contributed by atoms with Crippen LogP contribution < -0.4 is 0 Å². The summed E-state index contributed by atoms with van der Waals surface area (Å²) in [6, 6.07) is 7.66. The second-order valence-corrected chi connectivity index (χ2v) is 6.70. The third-order valence-corrected chi connectivity index (χ3v) is 5.14. The van der Waals surface area contributed by atoms with Crippen molar-refractivity contribution in [1.29, 1.82) is 0 Å². The Morgan fingerprint density at radius 1 is 1.24 bits per heavy atom. The minimum Gasteiger partial charge on any atom is -0.300 e. The fourth-order valence-corrected chi connectivity index (χ4v) is 3.54.